The van der Waals surface area contributed by atoms with Gasteiger partial charge in [0, 0.05) is 25.0 Å². The number of aliphatic imine (C=N–C) groups is 1. The first-order chi connectivity index (χ1) is 12.7. The monoisotopic (exact) mass is 357 g/mol. The van der Waals surface area contributed by atoms with Crippen LogP contribution in [0.15, 0.2) is 39.7 Å². The molecule has 26 heavy (non-hydrogen) atoms. The van der Waals surface area contributed by atoms with Crippen molar-refractivity contribution in [1.29, 1.82) is 0 Å². The number of guanidine groups is 1. The molecule has 2 aromatic rings. The molecule has 1 saturated heterocycles. The molecule has 1 aliphatic rings. The molecule has 6 heteroatoms. The summed E-state index contributed by atoms with van der Waals surface area (Å²) in [4.78, 5) is 18.8. The zero-order valence-corrected chi connectivity index (χ0v) is 15.5. The molecule has 0 amide bonds. The quantitative estimate of drug-likeness (QED) is 0.506. The smallest absolute Gasteiger partial charge is 0.309 e. The summed E-state index contributed by atoms with van der Waals surface area (Å²) in [5.74, 6) is 1.65. The van der Waals surface area contributed by atoms with Gasteiger partial charge in [-0.15, -0.1) is 0 Å². The normalized spacial score (nSPS) is 16.1. The molecular formula is C20H27N3O3. The molecule has 0 bridgehead atoms. The van der Waals surface area contributed by atoms with E-state index in [1.54, 1.807) is 0 Å². The molecule has 0 atom stereocenters. The number of likely N-dealkylation sites (tertiary alicyclic amines) is 1. The van der Waals surface area contributed by atoms with Gasteiger partial charge in [0.05, 0.1) is 12.5 Å². The highest BCUT2D eigenvalue weighted by Crippen LogP contribution is 2.21. The Bertz CT molecular complexity index is 728. The predicted molar refractivity (Wildman–Crippen MR) is 102 cm³/mol. The number of benzene rings is 1. The lowest BCUT2D eigenvalue weighted by Gasteiger charge is -2.33. The van der Waals surface area contributed by atoms with Crippen LogP contribution < -0.4 is 5.32 Å². The van der Waals surface area contributed by atoms with Gasteiger partial charge in [-0.3, -0.25) is 4.79 Å². The van der Waals surface area contributed by atoms with Crippen molar-refractivity contribution in [3.63, 3.8) is 0 Å². The highest BCUT2D eigenvalue weighted by molar-refractivity contribution is 5.81. The third-order valence-corrected chi connectivity index (χ3v) is 4.61. The maximum Gasteiger partial charge on any atom is 0.309 e. The molecule has 1 aromatic carbocycles. The third-order valence-electron chi connectivity index (χ3n) is 4.61. The van der Waals surface area contributed by atoms with E-state index in [1.807, 2.05) is 37.3 Å². The van der Waals surface area contributed by atoms with Crippen LogP contribution in [0.3, 0.4) is 0 Å². The maximum absolute atomic E-state index is 11.9. The van der Waals surface area contributed by atoms with Gasteiger partial charge in [-0.25, -0.2) is 4.99 Å². The Kier molecular flexibility index (Phi) is 6.15. The number of fused-ring (bicyclic) bond motifs is 1. The van der Waals surface area contributed by atoms with Gasteiger partial charge >= 0.3 is 5.97 Å². The highest BCUT2D eigenvalue weighted by atomic mass is 16.5. The first-order valence-electron chi connectivity index (χ1n) is 9.38. The van der Waals surface area contributed by atoms with Crippen LogP contribution in [0.25, 0.3) is 11.0 Å². The molecule has 1 aliphatic heterocycles. The predicted octanol–water partition coefficient (Wildman–Crippen LogP) is 3.17. The van der Waals surface area contributed by atoms with Gasteiger partial charge in [-0.2, -0.15) is 0 Å². The molecule has 140 valence electrons. The maximum atomic E-state index is 11.9. The van der Waals surface area contributed by atoms with Crippen molar-refractivity contribution in [3.8, 4) is 0 Å². The summed E-state index contributed by atoms with van der Waals surface area (Å²) in [5.41, 5.74) is 0.887. The Morgan fingerprint density at radius 1 is 1.31 bits per heavy atom. The summed E-state index contributed by atoms with van der Waals surface area (Å²) in [7, 11) is 0. The minimum absolute atomic E-state index is 0.00412. The summed E-state index contributed by atoms with van der Waals surface area (Å²) >= 11 is 0. The van der Waals surface area contributed by atoms with Crippen molar-refractivity contribution in [1.82, 2.24) is 10.2 Å². The standard InChI is InChI=1S/C20H27N3O3/c1-3-21-20(23-11-9-15(10-12-23)19(24)25-4-2)22-14-17-13-16-7-5-6-8-18(16)26-17/h5-8,13,15H,3-4,9-12,14H2,1-2H3,(H,21,22). The van der Waals surface area contributed by atoms with Gasteiger partial charge in [0.1, 0.15) is 17.9 Å². The number of hydrogen-bond donors (Lipinski definition) is 1. The zero-order chi connectivity index (χ0) is 18.4. The minimum Gasteiger partial charge on any atom is -0.466 e. The van der Waals surface area contributed by atoms with E-state index in [9.17, 15) is 4.79 Å². The topological polar surface area (TPSA) is 67.1 Å². The lowest BCUT2D eigenvalue weighted by molar-refractivity contribution is -0.149. The number of esters is 1. The molecule has 3 rings (SSSR count). The van der Waals surface area contributed by atoms with Crippen LogP contribution in [-0.4, -0.2) is 43.1 Å². The summed E-state index contributed by atoms with van der Waals surface area (Å²) in [6.45, 7) is 7.25. The molecule has 0 spiro atoms. The second-order valence-corrected chi connectivity index (χ2v) is 6.43. The fourth-order valence-electron chi connectivity index (χ4n) is 3.28. The molecule has 1 aromatic heterocycles. The first kappa shape index (κ1) is 18.3. The number of rotatable bonds is 5. The number of piperidine rings is 1. The Morgan fingerprint density at radius 2 is 2.08 bits per heavy atom. The minimum atomic E-state index is -0.0728. The van der Waals surface area contributed by atoms with E-state index in [-0.39, 0.29) is 11.9 Å². The van der Waals surface area contributed by atoms with Crippen molar-refractivity contribution in [2.75, 3.05) is 26.2 Å². The van der Waals surface area contributed by atoms with E-state index in [0.717, 1.165) is 55.2 Å². The number of nitrogens with one attached hydrogen (secondary N) is 1. The third kappa shape index (κ3) is 4.36. The van der Waals surface area contributed by atoms with Crippen LogP contribution in [0.2, 0.25) is 0 Å². The van der Waals surface area contributed by atoms with Crippen molar-refractivity contribution in [3.05, 3.63) is 36.1 Å². The van der Waals surface area contributed by atoms with E-state index in [2.05, 4.69) is 17.1 Å². The number of nitrogens with zero attached hydrogens (tertiary/aromatic N) is 2. The molecule has 6 nitrogen and oxygen atoms in total. The van der Waals surface area contributed by atoms with E-state index in [4.69, 9.17) is 14.1 Å². The van der Waals surface area contributed by atoms with E-state index in [1.165, 1.54) is 0 Å². The molecule has 0 radical (unpaired) electrons. The second-order valence-electron chi connectivity index (χ2n) is 6.43. The largest absolute Gasteiger partial charge is 0.466 e. The number of hydrogen-bond acceptors (Lipinski definition) is 4. The number of carbonyl (C=O) groups is 1. The number of ether oxygens (including phenoxy) is 1. The molecule has 0 aliphatic carbocycles. The SMILES string of the molecule is CCNC(=NCc1cc2ccccc2o1)N1CCC(C(=O)OCC)CC1. The van der Waals surface area contributed by atoms with Gasteiger partial charge in [0.25, 0.3) is 0 Å². The summed E-state index contributed by atoms with van der Waals surface area (Å²) in [6.07, 6.45) is 1.60. The molecule has 0 unspecified atom stereocenters. The van der Waals surface area contributed by atoms with Gasteiger partial charge in [0.15, 0.2) is 5.96 Å². The molecule has 1 fully saturated rings. The average Bonchev–Trinajstić information content (AvgIpc) is 3.08. The van der Waals surface area contributed by atoms with E-state index in [0.29, 0.717) is 13.2 Å². The first-order valence-corrected chi connectivity index (χ1v) is 9.38. The van der Waals surface area contributed by atoms with Crippen molar-refractivity contribution in [2.24, 2.45) is 10.9 Å². The molecular weight excluding hydrogens is 330 g/mol. The van der Waals surface area contributed by atoms with Crippen LogP contribution in [0, 0.1) is 5.92 Å². The fourth-order valence-corrected chi connectivity index (χ4v) is 3.28. The number of carbonyl (C=O) groups excluding carboxylic acids is 1. The Morgan fingerprint density at radius 3 is 2.77 bits per heavy atom. The average molecular weight is 357 g/mol. The van der Waals surface area contributed by atoms with Gasteiger partial charge in [0.2, 0.25) is 0 Å². The Labute approximate surface area is 154 Å². The lowest BCUT2D eigenvalue weighted by Crippen LogP contribution is -2.46. The number of furan rings is 1. The fraction of sp³-hybridized carbons (Fsp3) is 0.500. The Balaban J connectivity index is 1.63. The summed E-state index contributed by atoms with van der Waals surface area (Å²) < 4.78 is 11.0. The summed E-state index contributed by atoms with van der Waals surface area (Å²) in [5, 5.41) is 4.44. The van der Waals surface area contributed by atoms with Crippen LogP contribution in [0.5, 0.6) is 0 Å². The van der Waals surface area contributed by atoms with Crippen molar-refractivity contribution < 1.29 is 13.9 Å². The second kappa shape index (κ2) is 8.74. The highest BCUT2D eigenvalue weighted by Gasteiger charge is 2.27. The van der Waals surface area contributed by atoms with Crippen LogP contribution >= 0.6 is 0 Å². The van der Waals surface area contributed by atoms with Crippen LogP contribution in [0.4, 0.5) is 0 Å². The van der Waals surface area contributed by atoms with Gasteiger partial charge in [-0.1, -0.05) is 18.2 Å². The number of para-hydroxylation sites is 1. The molecule has 2 heterocycles. The van der Waals surface area contributed by atoms with Crippen LogP contribution in [0.1, 0.15) is 32.4 Å². The zero-order valence-electron chi connectivity index (χ0n) is 15.5. The van der Waals surface area contributed by atoms with Crippen LogP contribution in [-0.2, 0) is 16.1 Å². The Hall–Kier alpha value is -2.50. The van der Waals surface area contributed by atoms with Gasteiger partial charge < -0.3 is 19.4 Å². The summed E-state index contributed by atoms with van der Waals surface area (Å²) in [6, 6.07) is 10.0. The van der Waals surface area contributed by atoms with Gasteiger partial charge in [-0.05, 0) is 38.8 Å². The van der Waals surface area contributed by atoms with Crippen molar-refractivity contribution >= 4 is 22.9 Å². The lowest BCUT2D eigenvalue weighted by atomic mass is 9.97. The van der Waals surface area contributed by atoms with E-state index < -0.39 is 0 Å². The van der Waals surface area contributed by atoms with Crippen molar-refractivity contribution in [2.45, 2.75) is 33.2 Å². The van der Waals surface area contributed by atoms with E-state index >= 15 is 0 Å². The molecule has 0 saturated carbocycles. The molecule has 1 N–H and O–H groups in total.